The molecule has 3 nitrogen and oxygen atoms in total. The van der Waals surface area contributed by atoms with E-state index in [1.807, 2.05) is 30.3 Å². The second-order valence-corrected chi connectivity index (χ2v) is 4.79. The maximum Gasteiger partial charge on any atom is 0.490 e. The summed E-state index contributed by atoms with van der Waals surface area (Å²) in [4.78, 5) is 4.25. The quantitative estimate of drug-likeness (QED) is 0.720. The summed E-state index contributed by atoms with van der Waals surface area (Å²) in [5.74, 6) is 0. The van der Waals surface area contributed by atoms with E-state index >= 15 is 0 Å². The number of benzene rings is 2. The summed E-state index contributed by atoms with van der Waals surface area (Å²) in [6, 6.07) is 21.8. The van der Waals surface area contributed by atoms with Gasteiger partial charge in [-0.3, -0.25) is 4.98 Å². The van der Waals surface area contributed by atoms with E-state index < -0.39 is 7.12 Å². The molecule has 0 amide bonds. The Kier molecular flexibility index (Phi) is 3.82. The molecular formula is C17H14BNO2. The van der Waals surface area contributed by atoms with E-state index in [9.17, 15) is 0 Å². The highest BCUT2D eigenvalue weighted by atomic mass is 16.4. The van der Waals surface area contributed by atoms with Gasteiger partial charge in [0.05, 0.1) is 5.69 Å². The third-order valence-electron chi connectivity index (χ3n) is 3.37. The van der Waals surface area contributed by atoms with E-state index in [-0.39, 0.29) is 0 Å². The van der Waals surface area contributed by atoms with Crippen LogP contribution in [0.1, 0.15) is 0 Å². The van der Waals surface area contributed by atoms with Crippen LogP contribution in [-0.2, 0) is 0 Å². The maximum atomic E-state index is 9.06. The van der Waals surface area contributed by atoms with Gasteiger partial charge in [0.2, 0.25) is 0 Å². The summed E-state index contributed by atoms with van der Waals surface area (Å²) in [7, 11) is -1.48. The SMILES string of the molecule is OB(O)c1ccc(-c2ccc(-c3ccccc3)cc2)nc1. The van der Waals surface area contributed by atoms with Crippen molar-refractivity contribution >= 4 is 12.6 Å². The van der Waals surface area contributed by atoms with Crippen LogP contribution < -0.4 is 5.46 Å². The molecule has 0 aliphatic rings. The van der Waals surface area contributed by atoms with Crippen molar-refractivity contribution in [1.82, 2.24) is 4.98 Å². The standard InChI is InChI=1S/C17H14BNO2/c20-18(21)16-10-11-17(19-12-16)15-8-6-14(7-9-15)13-4-2-1-3-5-13/h1-12,20-21H. The van der Waals surface area contributed by atoms with Crippen molar-refractivity contribution in [3.05, 3.63) is 72.9 Å². The Hall–Kier alpha value is -2.43. The Morgan fingerprint density at radius 1 is 0.667 bits per heavy atom. The lowest BCUT2D eigenvalue weighted by molar-refractivity contribution is 0.425. The van der Waals surface area contributed by atoms with Crippen molar-refractivity contribution in [3.8, 4) is 22.4 Å². The lowest BCUT2D eigenvalue weighted by atomic mass is 9.81. The summed E-state index contributed by atoms with van der Waals surface area (Å²) in [5.41, 5.74) is 4.52. The van der Waals surface area contributed by atoms with Gasteiger partial charge in [0, 0.05) is 17.2 Å². The molecule has 2 N–H and O–H groups in total. The van der Waals surface area contributed by atoms with Crippen LogP contribution in [0.15, 0.2) is 72.9 Å². The monoisotopic (exact) mass is 275 g/mol. The van der Waals surface area contributed by atoms with Crippen molar-refractivity contribution < 1.29 is 10.0 Å². The van der Waals surface area contributed by atoms with E-state index in [0.29, 0.717) is 5.46 Å². The zero-order valence-corrected chi connectivity index (χ0v) is 11.3. The largest absolute Gasteiger partial charge is 0.490 e. The Morgan fingerprint density at radius 3 is 1.86 bits per heavy atom. The number of rotatable bonds is 3. The Morgan fingerprint density at radius 2 is 1.29 bits per heavy atom. The van der Waals surface area contributed by atoms with Gasteiger partial charge in [-0.15, -0.1) is 0 Å². The van der Waals surface area contributed by atoms with E-state index in [2.05, 4.69) is 29.2 Å². The highest BCUT2D eigenvalue weighted by molar-refractivity contribution is 6.58. The van der Waals surface area contributed by atoms with E-state index in [0.717, 1.165) is 16.8 Å². The van der Waals surface area contributed by atoms with Gasteiger partial charge >= 0.3 is 7.12 Å². The van der Waals surface area contributed by atoms with Gasteiger partial charge in [0.1, 0.15) is 0 Å². The first-order valence-corrected chi connectivity index (χ1v) is 6.72. The first kappa shape index (κ1) is 13.6. The predicted octanol–water partition coefficient (Wildman–Crippen LogP) is 2.10. The fourth-order valence-corrected chi connectivity index (χ4v) is 2.19. The van der Waals surface area contributed by atoms with Gasteiger partial charge in [-0.05, 0) is 17.2 Å². The molecule has 102 valence electrons. The summed E-state index contributed by atoms with van der Waals surface area (Å²) >= 11 is 0. The molecule has 2 aromatic carbocycles. The zero-order chi connectivity index (χ0) is 14.7. The van der Waals surface area contributed by atoms with Crippen molar-refractivity contribution in [3.63, 3.8) is 0 Å². The fraction of sp³-hybridized carbons (Fsp3) is 0. The molecule has 0 radical (unpaired) electrons. The summed E-state index contributed by atoms with van der Waals surface area (Å²) < 4.78 is 0. The smallest absolute Gasteiger partial charge is 0.423 e. The number of pyridine rings is 1. The van der Waals surface area contributed by atoms with Crippen molar-refractivity contribution in [1.29, 1.82) is 0 Å². The Balaban J connectivity index is 1.87. The fourth-order valence-electron chi connectivity index (χ4n) is 2.19. The van der Waals surface area contributed by atoms with Gasteiger partial charge in [-0.25, -0.2) is 0 Å². The topological polar surface area (TPSA) is 53.4 Å². The summed E-state index contributed by atoms with van der Waals surface area (Å²) in [6.45, 7) is 0. The predicted molar refractivity (Wildman–Crippen MR) is 84.9 cm³/mol. The van der Waals surface area contributed by atoms with Gasteiger partial charge in [-0.1, -0.05) is 60.7 Å². The number of hydrogen-bond acceptors (Lipinski definition) is 3. The average Bonchev–Trinajstić information content (AvgIpc) is 2.56. The number of nitrogens with zero attached hydrogens (tertiary/aromatic N) is 1. The Bertz CT molecular complexity index is 710. The van der Waals surface area contributed by atoms with Crippen LogP contribution in [0.25, 0.3) is 22.4 Å². The van der Waals surface area contributed by atoms with Crippen LogP contribution in [0.2, 0.25) is 0 Å². The van der Waals surface area contributed by atoms with Crippen LogP contribution in [0.5, 0.6) is 0 Å². The molecule has 1 heterocycles. The van der Waals surface area contributed by atoms with Crippen molar-refractivity contribution in [2.24, 2.45) is 0 Å². The molecule has 0 atom stereocenters. The first-order chi connectivity index (χ1) is 10.2. The molecule has 3 rings (SSSR count). The molecule has 0 fully saturated rings. The van der Waals surface area contributed by atoms with Crippen LogP contribution in [-0.4, -0.2) is 22.2 Å². The molecule has 3 aromatic rings. The molecule has 0 spiro atoms. The van der Waals surface area contributed by atoms with Crippen molar-refractivity contribution in [2.45, 2.75) is 0 Å². The maximum absolute atomic E-state index is 9.06. The molecule has 0 aliphatic carbocycles. The lowest BCUT2D eigenvalue weighted by Crippen LogP contribution is -2.29. The van der Waals surface area contributed by atoms with Crippen LogP contribution >= 0.6 is 0 Å². The molecule has 4 heteroatoms. The molecule has 21 heavy (non-hydrogen) atoms. The minimum Gasteiger partial charge on any atom is -0.423 e. The molecular weight excluding hydrogens is 261 g/mol. The second-order valence-electron chi connectivity index (χ2n) is 4.79. The minimum atomic E-state index is -1.48. The average molecular weight is 275 g/mol. The summed E-state index contributed by atoms with van der Waals surface area (Å²) in [6.07, 6.45) is 1.48. The van der Waals surface area contributed by atoms with E-state index in [4.69, 9.17) is 10.0 Å². The molecule has 0 aliphatic heterocycles. The third kappa shape index (κ3) is 3.02. The Labute approximate surface area is 123 Å². The second kappa shape index (κ2) is 5.91. The number of aromatic nitrogens is 1. The molecule has 0 unspecified atom stereocenters. The first-order valence-electron chi connectivity index (χ1n) is 6.72. The normalized spacial score (nSPS) is 10.4. The number of hydrogen-bond donors (Lipinski definition) is 2. The van der Waals surface area contributed by atoms with Gasteiger partial charge in [-0.2, -0.15) is 0 Å². The summed E-state index contributed by atoms with van der Waals surface area (Å²) in [5, 5.41) is 18.1. The van der Waals surface area contributed by atoms with Gasteiger partial charge in [0.25, 0.3) is 0 Å². The van der Waals surface area contributed by atoms with Crippen LogP contribution in [0.3, 0.4) is 0 Å². The van der Waals surface area contributed by atoms with Gasteiger partial charge < -0.3 is 10.0 Å². The molecule has 0 saturated heterocycles. The molecule has 0 bridgehead atoms. The molecule has 1 aromatic heterocycles. The highest BCUT2D eigenvalue weighted by Crippen LogP contribution is 2.23. The van der Waals surface area contributed by atoms with E-state index in [1.165, 1.54) is 11.8 Å². The minimum absolute atomic E-state index is 0.389. The third-order valence-corrected chi connectivity index (χ3v) is 3.37. The van der Waals surface area contributed by atoms with Gasteiger partial charge in [0.15, 0.2) is 0 Å². The zero-order valence-electron chi connectivity index (χ0n) is 11.3. The highest BCUT2D eigenvalue weighted by Gasteiger charge is 2.11. The van der Waals surface area contributed by atoms with Crippen LogP contribution in [0.4, 0.5) is 0 Å². The van der Waals surface area contributed by atoms with Crippen LogP contribution in [0, 0.1) is 0 Å². The molecule has 0 saturated carbocycles. The lowest BCUT2D eigenvalue weighted by Gasteiger charge is -2.05. The van der Waals surface area contributed by atoms with E-state index in [1.54, 1.807) is 12.1 Å². The van der Waals surface area contributed by atoms with Crippen molar-refractivity contribution in [2.75, 3.05) is 0 Å².